The maximum absolute atomic E-state index is 13.5. The van der Waals surface area contributed by atoms with Crippen molar-refractivity contribution in [2.24, 2.45) is 0 Å². The highest BCUT2D eigenvalue weighted by molar-refractivity contribution is 6.62. The number of pyridine rings is 1. The van der Waals surface area contributed by atoms with Crippen molar-refractivity contribution in [1.29, 1.82) is 0 Å². The third-order valence-corrected chi connectivity index (χ3v) is 6.95. The molecule has 4 heterocycles. The SMILES string of the molecule is CC1CCCn2cnnc2-c2cccc(n2)NC(=O)c2cc(B3OC(C)(C)C(C)(C)O3)ccc2O1. The zero-order chi connectivity index (χ0) is 24.8. The van der Waals surface area contributed by atoms with Gasteiger partial charge in [-0.1, -0.05) is 12.1 Å². The summed E-state index contributed by atoms with van der Waals surface area (Å²) in [6, 6.07) is 10.9. The van der Waals surface area contributed by atoms with Crippen LogP contribution in [0.1, 0.15) is 57.8 Å². The Labute approximate surface area is 205 Å². The molecule has 0 radical (unpaired) electrons. The van der Waals surface area contributed by atoms with Crippen molar-refractivity contribution in [1.82, 2.24) is 19.7 Å². The van der Waals surface area contributed by atoms with E-state index < -0.39 is 18.3 Å². The Hall–Kier alpha value is -3.24. The Morgan fingerprint density at radius 2 is 1.89 bits per heavy atom. The number of hydrogen-bond acceptors (Lipinski definition) is 7. The summed E-state index contributed by atoms with van der Waals surface area (Å²) in [4.78, 5) is 18.1. The molecule has 0 spiro atoms. The molecule has 2 aromatic heterocycles. The first-order valence-electron chi connectivity index (χ1n) is 12.0. The van der Waals surface area contributed by atoms with E-state index in [0.29, 0.717) is 28.6 Å². The van der Waals surface area contributed by atoms with Crippen LogP contribution < -0.4 is 15.5 Å². The minimum atomic E-state index is -0.587. The largest absolute Gasteiger partial charge is 0.494 e. The molecule has 5 rings (SSSR count). The summed E-state index contributed by atoms with van der Waals surface area (Å²) in [6.45, 7) is 10.8. The number of anilines is 1. The molecule has 2 aliphatic rings. The van der Waals surface area contributed by atoms with Crippen LogP contribution in [-0.2, 0) is 15.9 Å². The normalized spacial score (nSPS) is 21.3. The predicted octanol–water partition coefficient (Wildman–Crippen LogP) is 3.45. The quantitative estimate of drug-likeness (QED) is 0.538. The van der Waals surface area contributed by atoms with E-state index in [0.717, 1.165) is 24.8 Å². The number of fused-ring (bicyclic) bond motifs is 5. The van der Waals surface area contributed by atoms with Crippen LogP contribution >= 0.6 is 0 Å². The molecule has 2 bridgehead atoms. The van der Waals surface area contributed by atoms with Crippen LogP contribution in [-0.4, -0.2) is 50.1 Å². The van der Waals surface area contributed by atoms with Gasteiger partial charge in [-0.3, -0.25) is 4.79 Å². The smallest absolute Gasteiger partial charge is 0.490 e. The van der Waals surface area contributed by atoms with Crippen molar-refractivity contribution in [3.05, 3.63) is 48.3 Å². The second-order valence-corrected chi connectivity index (χ2v) is 10.1. The molecular formula is C25H30BN5O4. The van der Waals surface area contributed by atoms with Gasteiger partial charge in [-0.05, 0) is 77.2 Å². The average molecular weight is 475 g/mol. The molecule has 1 fully saturated rings. The number of benzene rings is 1. The number of rotatable bonds is 1. The number of carbonyl (C=O) groups is 1. The second kappa shape index (κ2) is 8.76. The molecule has 1 amide bonds. The van der Waals surface area contributed by atoms with Gasteiger partial charge >= 0.3 is 7.12 Å². The zero-order valence-corrected chi connectivity index (χ0v) is 20.7. The number of nitrogens with one attached hydrogen (secondary N) is 1. The van der Waals surface area contributed by atoms with E-state index in [4.69, 9.17) is 14.0 Å². The standard InChI is InChI=1S/C25H30BN5O4/c1-16-8-7-13-31-15-27-30-22(31)19-9-6-10-21(28-19)29-23(32)18-14-17(11-12-20(18)33-16)26-34-24(2,3)25(4,5)35-26/h6,9-12,14-16H,7-8,13H2,1-5H3,(H,28,29,32). The Kier molecular flexibility index (Phi) is 5.89. The molecular weight excluding hydrogens is 445 g/mol. The number of aryl methyl sites for hydroxylation is 1. The van der Waals surface area contributed by atoms with Gasteiger partial charge < -0.3 is 23.9 Å². The third-order valence-electron chi connectivity index (χ3n) is 6.95. The van der Waals surface area contributed by atoms with Crippen LogP contribution in [0.15, 0.2) is 42.7 Å². The molecule has 182 valence electrons. The average Bonchev–Trinajstić information content (AvgIpc) is 3.34. The van der Waals surface area contributed by atoms with Crippen LogP contribution in [0.4, 0.5) is 5.82 Å². The topological polar surface area (TPSA) is 100 Å². The van der Waals surface area contributed by atoms with E-state index in [2.05, 4.69) is 20.5 Å². The molecule has 3 aromatic rings. The third kappa shape index (κ3) is 4.55. The number of nitrogens with zero attached hydrogens (tertiary/aromatic N) is 4. The molecule has 1 aromatic carbocycles. The van der Waals surface area contributed by atoms with Crippen LogP contribution in [0.2, 0.25) is 0 Å². The van der Waals surface area contributed by atoms with Crippen LogP contribution in [0.25, 0.3) is 11.5 Å². The van der Waals surface area contributed by atoms with E-state index in [1.54, 1.807) is 18.5 Å². The highest BCUT2D eigenvalue weighted by atomic mass is 16.7. The van der Waals surface area contributed by atoms with Gasteiger partial charge in [0.1, 0.15) is 23.6 Å². The molecule has 0 saturated carbocycles. The summed E-state index contributed by atoms with van der Waals surface area (Å²) >= 11 is 0. The Morgan fingerprint density at radius 3 is 2.66 bits per heavy atom. The van der Waals surface area contributed by atoms with Crippen molar-refractivity contribution in [3.8, 4) is 17.3 Å². The van der Waals surface area contributed by atoms with E-state index in [-0.39, 0.29) is 12.0 Å². The summed E-state index contributed by atoms with van der Waals surface area (Å²) in [6.07, 6.45) is 3.26. The molecule has 1 atom stereocenters. The Morgan fingerprint density at radius 1 is 1.11 bits per heavy atom. The van der Waals surface area contributed by atoms with E-state index >= 15 is 0 Å². The molecule has 1 N–H and O–H groups in total. The van der Waals surface area contributed by atoms with E-state index in [1.807, 2.05) is 63.5 Å². The van der Waals surface area contributed by atoms with Gasteiger partial charge in [0, 0.05) is 6.54 Å². The fourth-order valence-corrected chi connectivity index (χ4v) is 4.21. The first kappa shape index (κ1) is 23.5. The van der Waals surface area contributed by atoms with Crippen LogP contribution in [0.3, 0.4) is 0 Å². The first-order chi connectivity index (χ1) is 16.6. The molecule has 1 unspecified atom stereocenters. The highest BCUT2D eigenvalue weighted by Gasteiger charge is 2.51. The van der Waals surface area contributed by atoms with Crippen molar-refractivity contribution in [2.75, 3.05) is 5.32 Å². The summed E-state index contributed by atoms with van der Waals surface area (Å²) in [7, 11) is -0.587. The lowest BCUT2D eigenvalue weighted by Crippen LogP contribution is -2.41. The number of aromatic nitrogens is 4. The number of carbonyl (C=O) groups excluding carboxylic acids is 1. The lowest BCUT2D eigenvalue weighted by molar-refractivity contribution is 0.00578. The summed E-state index contributed by atoms with van der Waals surface area (Å²) in [5.74, 6) is 1.26. The monoisotopic (exact) mass is 475 g/mol. The minimum Gasteiger partial charge on any atom is -0.490 e. The van der Waals surface area contributed by atoms with Gasteiger partial charge in [-0.15, -0.1) is 10.2 Å². The Balaban J connectivity index is 1.52. The summed E-state index contributed by atoms with van der Waals surface area (Å²) < 4.78 is 20.6. The van der Waals surface area contributed by atoms with Gasteiger partial charge in [-0.25, -0.2) is 4.98 Å². The maximum atomic E-state index is 13.5. The minimum absolute atomic E-state index is 0.0944. The van der Waals surface area contributed by atoms with Crippen molar-refractivity contribution >= 4 is 24.3 Å². The second-order valence-electron chi connectivity index (χ2n) is 10.1. The molecule has 0 aliphatic carbocycles. The number of hydrogen-bond donors (Lipinski definition) is 1. The molecule has 2 aliphatic heterocycles. The zero-order valence-electron chi connectivity index (χ0n) is 20.7. The highest BCUT2D eigenvalue weighted by Crippen LogP contribution is 2.37. The number of ether oxygens (including phenoxy) is 1. The van der Waals surface area contributed by atoms with E-state index in [1.165, 1.54) is 0 Å². The van der Waals surface area contributed by atoms with Crippen molar-refractivity contribution in [3.63, 3.8) is 0 Å². The first-order valence-corrected chi connectivity index (χ1v) is 12.0. The summed E-state index contributed by atoms with van der Waals surface area (Å²) in [5, 5.41) is 11.2. The van der Waals surface area contributed by atoms with Gasteiger partial charge in [0.05, 0.1) is 22.9 Å². The van der Waals surface area contributed by atoms with Crippen molar-refractivity contribution in [2.45, 2.75) is 71.3 Å². The van der Waals surface area contributed by atoms with Crippen LogP contribution in [0.5, 0.6) is 5.75 Å². The molecule has 35 heavy (non-hydrogen) atoms. The van der Waals surface area contributed by atoms with Gasteiger partial charge in [0.25, 0.3) is 5.91 Å². The van der Waals surface area contributed by atoms with E-state index in [9.17, 15) is 4.79 Å². The summed E-state index contributed by atoms with van der Waals surface area (Å²) in [5.41, 5.74) is 0.833. The molecule has 9 nitrogen and oxygen atoms in total. The number of amides is 1. The predicted molar refractivity (Wildman–Crippen MR) is 133 cm³/mol. The lowest BCUT2D eigenvalue weighted by atomic mass is 9.78. The Bertz CT molecular complexity index is 1240. The fraction of sp³-hybridized carbons (Fsp3) is 0.440. The van der Waals surface area contributed by atoms with Gasteiger partial charge in [0.2, 0.25) is 0 Å². The van der Waals surface area contributed by atoms with Gasteiger partial charge in [0.15, 0.2) is 5.82 Å². The fourth-order valence-electron chi connectivity index (χ4n) is 4.21. The van der Waals surface area contributed by atoms with Crippen LogP contribution in [0, 0.1) is 0 Å². The lowest BCUT2D eigenvalue weighted by Gasteiger charge is -2.32. The maximum Gasteiger partial charge on any atom is 0.494 e. The van der Waals surface area contributed by atoms with Crippen molar-refractivity contribution < 1.29 is 18.8 Å². The molecule has 1 saturated heterocycles. The molecule has 10 heteroatoms. The van der Waals surface area contributed by atoms with Gasteiger partial charge in [-0.2, -0.15) is 0 Å².